The number of fused-ring (bicyclic) bond motifs is 3. The van der Waals surface area contributed by atoms with Gasteiger partial charge in [0.05, 0.1) is 19.0 Å². The molecule has 0 aromatic carbocycles. The van der Waals surface area contributed by atoms with Crippen LogP contribution in [0, 0.1) is 0 Å². The van der Waals surface area contributed by atoms with Crippen LogP contribution in [0.25, 0.3) is 11.2 Å². The molecule has 4 heterocycles. The molecule has 1 fully saturated rings. The van der Waals surface area contributed by atoms with Gasteiger partial charge in [-0.05, 0) is 0 Å². The quantitative estimate of drug-likeness (QED) is 0.609. The van der Waals surface area contributed by atoms with Crippen molar-refractivity contribution in [1.29, 1.82) is 0 Å². The molecule has 3 N–H and O–H groups in total. The summed E-state index contributed by atoms with van der Waals surface area (Å²) in [5.74, 6) is 0.123. The van der Waals surface area contributed by atoms with Gasteiger partial charge in [-0.25, -0.2) is 4.98 Å². The van der Waals surface area contributed by atoms with Crippen molar-refractivity contribution in [1.82, 2.24) is 19.1 Å². The van der Waals surface area contributed by atoms with Gasteiger partial charge in [0, 0.05) is 6.42 Å². The van der Waals surface area contributed by atoms with Crippen molar-refractivity contribution in [2.75, 3.05) is 5.73 Å². The number of imidazole rings is 1. The Hall–Kier alpha value is -1.93. The summed E-state index contributed by atoms with van der Waals surface area (Å²) in [6.07, 6.45) is 0.857. The highest BCUT2D eigenvalue weighted by Crippen LogP contribution is 2.35. The van der Waals surface area contributed by atoms with E-state index in [1.165, 1.54) is 6.33 Å². The number of anilines is 1. The molecule has 18 heavy (non-hydrogen) atoms. The van der Waals surface area contributed by atoms with Gasteiger partial charge in [0.15, 0.2) is 11.2 Å². The highest BCUT2D eigenvalue weighted by Gasteiger charge is 2.39. The van der Waals surface area contributed by atoms with Gasteiger partial charge < -0.3 is 15.6 Å². The van der Waals surface area contributed by atoms with E-state index in [0.717, 1.165) is 0 Å². The maximum Gasteiger partial charge on any atom is 0.302 e. The van der Waals surface area contributed by atoms with Gasteiger partial charge in [0.25, 0.3) is 0 Å². The van der Waals surface area contributed by atoms with Gasteiger partial charge in [-0.3, -0.25) is 13.9 Å². The predicted octanol–water partition coefficient (Wildman–Crippen LogP) is -1.16. The van der Waals surface area contributed by atoms with E-state index in [9.17, 15) is 9.90 Å². The zero-order valence-electron chi connectivity index (χ0n) is 9.35. The fraction of sp³-hybridized carbons (Fsp3) is 0.500. The molecule has 2 aromatic rings. The van der Waals surface area contributed by atoms with Gasteiger partial charge in [-0.1, -0.05) is 0 Å². The van der Waals surface area contributed by atoms with E-state index in [0.29, 0.717) is 18.6 Å². The van der Waals surface area contributed by atoms with Crippen molar-refractivity contribution < 1.29 is 9.84 Å². The molecule has 8 nitrogen and oxygen atoms in total. The molecule has 1 saturated heterocycles. The van der Waals surface area contributed by atoms with Crippen molar-refractivity contribution in [3.63, 3.8) is 0 Å². The second kappa shape index (κ2) is 3.09. The zero-order valence-corrected chi connectivity index (χ0v) is 9.35. The normalized spacial score (nSPS) is 29.7. The number of aliphatic hydroxyl groups is 1. The number of hydrogen-bond donors (Lipinski definition) is 2. The van der Waals surface area contributed by atoms with Crippen molar-refractivity contribution in [2.24, 2.45) is 0 Å². The summed E-state index contributed by atoms with van der Waals surface area (Å²) in [4.78, 5) is 19.5. The lowest BCUT2D eigenvalue weighted by atomic mass is 10.1. The molecule has 0 saturated carbocycles. The minimum absolute atomic E-state index is 0.123. The van der Waals surface area contributed by atoms with E-state index < -0.39 is 11.7 Å². The number of ether oxygens (including phenoxy) is 1. The van der Waals surface area contributed by atoms with Gasteiger partial charge in [-0.2, -0.15) is 4.98 Å². The lowest BCUT2D eigenvalue weighted by Gasteiger charge is -2.17. The second-order valence-electron chi connectivity index (χ2n) is 4.64. The Morgan fingerprint density at radius 3 is 3.22 bits per heavy atom. The lowest BCUT2D eigenvalue weighted by Crippen LogP contribution is -2.29. The summed E-state index contributed by atoms with van der Waals surface area (Å²) in [6.45, 7) is 0.374. The highest BCUT2D eigenvalue weighted by atomic mass is 16.5. The molecule has 0 radical (unpaired) electrons. The smallest absolute Gasteiger partial charge is 0.302 e. The second-order valence-corrected chi connectivity index (χ2v) is 4.64. The standard InChI is InChI=1S/C10H11N5O3/c11-10-13-8(17)7-9-14(10)2-5-4(16)1-6(18-5)15(9)3-12-7/h3-6,16H,1-2H2,(H2,11,13,17)/t4-,5+,6+/m0/s1. The molecule has 3 atom stereocenters. The molecule has 0 spiro atoms. The average Bonchev–Trinajstić information content (AvgIpc) is 2.84. The number of hydrogen-bond acceptors (Lipinski definition) is 6. The maximum absolute atomic E-state index is 11.7. The van der Waals surface area contributed by atoms with E-state index >= 15 is 0 Å². The number of nitrogen functional groups attached to an aromatic ring is 1. The topological polar surface area (TPSA) is 108 Å². The Morgan fingerprint density at radius 1 is 1.56 bits per heavy atom. The number of aliphatic hydroxyl groups excluding tert-OH is 1. The van der Waals surface area contributed by atoms with Gasteiger partial charge in [0.1, 0.15) is 12.3 Å². The summed E-state index contributed by atoms with van der Waals surface area (Å²) in [6, 6.07) is 0. The maximum atomic E-state index is 11.7. The summed E-state index contributed by atoms with van der Waals surface area (Å²) in [5, 5.41) is 9.89. The first-order valence-corrected chi connectivity index (χ1v) is 5.71. The van der Waals surface area contributed by atoms with Crippen LogP contribution in [0.3, 0.4) is 0 Å². The molecule has 8 heteroatoms. The van der Waals surface area contributed by atoms with Crippen LogP contribution in [0.5, 0.6) is 0 Å². The Balaban J connectivity index is 2.10. The molecule has 94 valence electrons. The highest BCUT2D eigenvalue weighted by molar-refractivity contribution is 5.72. The van der Waals surface area contributed by atoms with Crippen LogP contribution >= 0.6 is 0 Å². The number of nitrogens with zero attached hydrogens (tertiary/aromatic N) is 4. The third kappa shape index (κ3) is 1.08. The fourth-order valence-electron chi connectivity index (χ4n) is 2.72. The van der Waals surface area contributed by atoms with Crippen LogP contribution < -0.4 is 11.3 Å². The molecule has 2 aliphatic heterocycles. The van der Waals surface area contributed by atoms with Crippen molar-refractivity contribution in [2.45, 2.75) is 31.4 Å². The third-order valence-corrected chi connectivity index (χ3v) is 3.60. The summed E-state index contributed by atoms with van der Waals surface area (Å²) >= 11 is 0. The summed E-state index contributed by atoms with van der Waals surface area (Å²) < 4.78 is 9.15. The van der Waals surface area contributed by atoms with Crippen LogP contribution in [-0.4, -0.2) is 36.4 Å². The van der Waals surface area contributed by atoms with Crippen molar-refractivity contribution in [3.05, 3.63) is 16.7 Å². The van der Waals surface area contributed by atoms with Crippen LogP contribution in [0.1, 0.15) is 12.6 Å². The Morgan fingerprint density at radius 2 is 2.39 bits per heavy atom. The Labute approximate surface area is 101 Å². The van der Waals surface area contributed by atoms with E-state index in [-0.39, 0.29) is 23.8 Å². The SMILES string of the molecule is Nc1nc(=O)c2ncn3c2n1C[C@H]1O[C@@H]3C[C@@H]1O. The summed E-state index contributed by atoms with van der Waals surface area (Å²) in [5.41, 5.74) is 6.25. The first kappa shape index (κ1) is 10.0. The minimum Gasteiger partial charge on any atom is -0.390 e. The predicted molar refractivity (Wildman–Crippen MR) is 60.7 cm³/mol. The molecular weight excluding hydrogens is 238 g/mol. The van der Waals surface area contributed by atoms with Crippen LogP contribution in [0.4, 0.5) is 5.95 Å². The Kier molecular flexibility index (Phi) is 1.72. The van der Waals surface area contributed by atoms with E-state index in [4.69, 9.17) is 10.5 Å². The van der Waals surface area contributed by atoms with E-state index in [2.05, 4.69) is 9.97 Å². The van der Waals surface area contributed by atoms with E-state index in [1.807, 2.05) is 0 Å². The van der Waals surface area contributed by atoms with Gasteiger partial charge in [-0.15, -0.1) is 0 Å². The monoisotopic (exact) mass is 249 g/mol. The molecule has 0 amide bonds. The van der Waals surface area contributed by atoms with Gasteiger partial charge in [0.2, 0.25) is 5.95 Å². The van der Waals surface area contributed by atoms with Crippen LogP contribution in [-0.2, 0) is 11.3 Å². The molecule has 2 aliphatic rings. The average molecular weight is 249 g/mol. The number of aromatic nitrogens is 4. The first-order valence-electron chi connectivity index (χ1n) is 5.71. The molecule has 2 aromatic heterocycles. The fourth-order valence-corrected chi connectivity index (χ4v) is 2.72. The van der Waals surface area contributed by atoms with Gasteiger partial charge >= 0.3 is 5.56 Å². The molecule has 0 unspecified atom stereocenters. The third-order valence-electron chi connectivity index (χ3n) is 3.60. The zero-order chi connectivity index (χ0) is 12.4. The Bertz CT molecular complexity index is 705. The molecule has 4 rings (SSSR count). The number of nitrogens with two attached hydrogens (primary N) is 1. The number of rotatable bonds is 0. The molecule has 0 aliphatic carbocycles. The first-order chi connectivity index (χ1) is 8.65. The van der Waals surface area contributed by atoms with Crippen LogP contribution in [0.15, 0.2) is 11.1 Å². The van der Waals surface area contributed by atoms with E-state index in [1.54, 1.807) is 9.13 Å². The van der Waals surface area contributed by atoms with Crippen LogP contribution in [0.2, 0.25) is 0 Å². The summed E-state index contributed by atoms with van der Waals surface area (Å²) in [7, 11) is 0. The van der Waals surface area contributed by atoms with Crippen molar-refractivity contribution >= 4 is 17.1 Å². The largest absolute Gasteiger partial charge is 0.390 e. The molecule has 2 bridgehead atoms. The van der Waals surface area contributed by atoms with Crippen molar-refractivity contribution in [3.8, 4) is 0 Å². The molecular formula is C10H11N5O3. The lowest BCUT2D eigenvalue weighted by molar-refractivity contribution is -0.0178. The minimum atomic E-state index is -0.542.